The SMILES string of the molecule is Cc1cccc(Oc2ccc(-c3cc4c(cc3F)ncc3nc(C)n([C@H]5CCN(C(=O)CO)C[C@@H]5F)c34)c(Cl)c2)n1.Cc1nc(Oc2ccc(-c3cc4c(cc3F)ncc3nc(C)n([C@H]5CCN(C(=O)CO)C[C@@H]5F)c34)c(Cl)c2)ncc1F. The highest BCUT2D eigenvalue weighted by Gasteiger charge is 2.36. The first kappa shape index (κ1) is 56.4. The van der Waals surface area contributed by atoms with Crippen molar-refractivity contribution in [1.82, 2.24) is 53.8 Å². The molecule has 2 aliphatic rings. The van der Waals surface area contributed by atoms with Gasteiger partial charge in [-0.2, -0.15) is 4.98 Å². The molecule has 2 saturated heterocycles. The molecule has 12 rings (SSSR count). The highest BCUT2D eigenvalue weighted by molar-refractivity contribution is 6.34. The van der Waals surface area contributed by atoms with Gasteiger partial charge in [0.05, 0.1) is 81.6 Å². The molecule has 8 heterocycles. The maximum Gasteiger partial charge on any atom is 0.322 e. The first-order valence-electron chi connectivity index (χ1n) is 26.2. The number of hydrogen-bond donors (Lipinski definition) is 2. The van der Waals surface area contributed by atoms with E-state index in [1.54, 1.807) is 73.1 Å². The standard InChI is InChI=1S/C30H26ClF2N5O3.C29H24ClF3N6O3/c1-16-4-3-5-28(35-16)41-18-6-7-19(22(31)10-18)20-11-21-25(12-23(20)32)34-13-26-30(21)38(17(2)36-26)27-8-9-37(14-24(27)33)29(40)15-39;1-14-22(32)10-35-29(36-14)42-16-3-4-17(20(30)7-16)18-8-19-24(9-21(18)31)34-11-25-28(19)39(15(2)37-25)26-5-6-38(12-23(26)33)27(41)13-40/h3-7,10-13,24,27,39H,8-9,14-15H2,1-2H3;3-4,7-11,23,26,40H,5-6,12-13H2,1-2H3/t24-,27-;23-,26-/m00/s1. The molecule has 426 valence electrons. The van der Waals surface area contributed by atoms with Crippen LogP contribution < -0.4 is 9.47 Å². The van der Waals surface area contributed by atoms with Gasteiger partial charge in [-0.15, -0.1) is 0 Å². The number of carbonyl (C=O) groups is 2. The molecule has 0 unspecified atom stereocenters. The summed E-state index contributed by atoms with van der Waals surface area (Å²) in [5, 5.41) is 20.0. The van der Waals surface area contributed by atoms with Crippen molar-refractivity contribution in [3.63, 3.8) is 0 Å². The molecule has 83 heavy (non-hydrogen) atoms. The lowest BCUT2D eigenvalue weighted by molar-refractivity contribution is -0.137. The van der Waals surface area contributed by atoms with Crippen molar-refractivity contribution in [3.8, 4) is 45.6 Å². The van der Waals surface area contributed by atoms with Crippen LogP contribution in [-0.4, -0.2) is 128 Å². The quantitative estimate of drug-likeness (QED) is 0.123. The van der Waals surface area contributed by atoms with Gasteiger partial charge in [-0.05, 0) is 83.0 Å². The van der Waals surface area contributed by atoms with Gasteiger partial charge in [-0.25, -0.2) is 41.9 Å². The van der Waals surface area contributed by atoms with Crippen LogP contribution in [0.1, 0.15) is 48.0 Å². The Kier molecular flexibility index (Phi) is 15.7. The van der Waals surface area contributed by atoms with Crippen LogP contribution >= 0.6 is 23.2 Å². The van der Waals surface area contributed by atoms with Crippen LogP contribution in [0, 0.1) is 45.1 Å². The van der Waals surface area contributed by atoms with Crippen LogP contribution in [0.5, 0.6) is 23.4 Å². The van der Waals surface area contributed by atoms with E-state index in [9.17, 15) is 24.2 Å². The highest BCUT2D eigenvalue weighted by Crippen LogP contribution is 2.42. The van der Waals surface area contributed by atoms with Gasteiger partial charge in [0.2, 0.25) is 17.7 Å². The molecule has 10 aromatic rings. The molecule has 2 N–H and O–H groups in total. The van der Waals surface area contributed by atoms with Gasteiger partial charge in [0.25, 0.3) is 0 Å². The molecule has 4 aromatic carbocycles. The van der Waals surface area contributed by atoms with Crippen LogP contribution in [0.25, 0.3) is 66.1 Å². The van der Waals surface area contributed by atoms with E-state index in [-0.39, 0.29) is 58.3 Å². The number of imidazole rings is 2. The molecule has 2 fully saturated rings. The Morgan fingerprint density at radius 1 is 0.578 bits per heavy atom. The lowest BCUT2D eigenvalue weighted by Crippen LogP contribution is -2.46. The van der Waals surface area contributed by atoms with Crippen molar-refractivity contribution in [3.05, 3.63) is 148 Å². The number of carbonyl (C=O) groups excluding carboxylic acids is 2. The molecule has 4 atom stereocenters. The van der Waals surface area contributed by atoms with Crippen LogP contribution in [0.3, 0.4) is 0 Å². The van der Waals surface area contributed by atoms with E-state index in [4.69, 9.17) is 32.7 Å². The van der Waals surface area contributed by atoms with Crippen molar-refractivity contribution < 1.29 is 51.2 Å². The topological polar surface area (TPSA) is 200 Å². The predicted molar refractivity (Wildman–Crippen MR) is 301 cm³/mol. The molecule has 0 saturated carbocycles. The van der Waals surface area contributed by atoms with Crippen LogP contribution in [-0.2, 0) is 9.59 Å². The third-order valence-corrected chi connectivity index (χ3v) is 15.5. The fraction of sp³-hybridized carbons (Fsp3) is 0.271. The number of benzene rings is 4. The van der Waals surface area contributed by atoms with Crippen LogP contribution in [0.4, 0.5) is 22.0 Å². The van der Waals surface area contributed by atoms with E-state index in [0.29, 0.717) is 97.7 Å². The first-order valence-corrected chi connectivity index (χ1v) is 27.0. The summed E-state index contributed by atoms with van der Waals surface area (Å²) in [7, 11) is 0. The van der Waals surface area contributed by atoms with Gasteiger partial charge in [0, 0.05) is 82.1 Å². The number of amides is 2. The van der Waals surface area contributed by atoms with E-state index >= 15 is 17.6 Å². The zero-order valence-electron chi connectivity index (χ0n) is 44.8. The Morgan fingerprint density at radius 3 is 1.52 bits per heavy atom. The Labute approximate surface area is 479 Å². The number of aliphatic hydroxyl groups excluding tert-OH is 2. The average Bonchev–Trinajstić information content (AvgIpc) is 4.16. The number of halogens is 7. The Balaban J connectivity index is 0.000000174. The molecular formula is C59H50Cl2F5N11O6. The van der Waals surface area contributed by atoms with E-state index in [0.717, 1.165) is 11.9 Å². The lowest BCUT2D eigenvalue weighted by atomic mass is 10.00. The number of aliphatic hydroxyl groups is 2. The van der Waals surface area contributed by atoms with Crippen molar-refractivity contribution in [2.24, 2.45) is 0 Å². The van der Waals surface area contributed by atoms with Crippen molar-refractivity contribution in [2.45, 2.75) is 65.0 Å². The molecule has 2 aliphatic heterocycles. The number of rotatable bonds is 10. The molecule has 0 radical (unpaired) electrons. The molecule has 17 nitrogen and oxygen atoms in total. The van der Waals surface area contributed by atoms with E-state index in [2.05, 4.69) is 34.9 Å². The second kappa shape index (κ2) is 23.1. The number of alkyl halides is 2. The number of piperidine rings is 2. The zero-order valence-corrected chi connectivity index (χ0v) is 46.3. The minimum atomic E-state index is -1.41. The minimum Gasteiger partial charge on any atom is -0.439 e. The third-order valence-electron chi connectivity index (χ3n) is 14.9. The summed E-state index contributed by atoms with van der Waals surface area (Å²) in [5.74, 6) is -0.386. The van der Waals surface area contributed by atoms with Gasteiger partial charge in [-0.1, -0.05) is 29.3 Å². The Bertz CT molecular complexity index is 4210. The van der Waals surface area contributed by atoms with Crippen LogP contribution in [0.15, 0.2) is 97.5 Å². The van der Waals surface area contributed by atoms with Crippen molar-refractivity contribution in [1.29, 1.82) is 0 Å². The van der Waals surface area contributed by atoms with Crippen molar-refractivity contribution in [2.75, 3.05) is 39.4 Å². The van der Waals surface area contributed by atoms with Crippen LogP contribution in [0.2, 0.25) is 10.0 Å². The van der Waals surface area contributed by atoms with Crippen molar-refractivity contribution >= 4 is 78.9 Å². The molecule has 0 aliphatic carbocycles. The lowest BCUT2D eigenvalue weighted by Gasteiger charge is -2.35. The fourth-order valence-electron chi connectivity index (χ4n) is 10.9. The summed E-state index contributed by atoms with van der Waals surface area (Å²) in [5.41, 5.74) is 5.23. The number of hydrogen-bond acceptors (Lipinski definition) is 13. The summed E-state index contributed by atoms with van der Waals surface area (Å²) < 4.78 is 90.5. The molecule has 0 spiro atoms. The third kappa shape index (κ3) is 11.1. The number of nitrogens with zero attached hydrogens (tertiary/aromatic N) is 11. The minimum absolute atomic E-state index is 0.0653. The Morgan fingerprint density at radius 2 is 1.07 bits per heavy atom. The van der Waals surface area contributed by atoms with E-state index < -0.39 is 66.9 Å². The smallest absolute Gasteiger partial charge is 0.322 e. The molecule has 0 bridgehead atoms. The first-order chi connectivity index (χ1) is 39.9. The number of likely N-dealkylation sites (tertiary alicyclic amines) is 2. The van der Waals surface area contributed by atoms with Gasteiger partial charge >= 0.3 is 6.01 Å². The Hall–Kier alpha value is -8.44. The summed E-state index contributed by atoms with van der Waals surface area (Å²) in [4.78, 5) is 56.6. The highest BCUT2D eigenvalue weighted by atomic mass is 35.5. The second-order valence-electron chi connectivity index (χ2n) is 20.2. The van der Waals surface area contributed by atoms with E-state index in [1.807, 2.05) is 23.6 Å². The summed E-state index contributed by atoms with van der Waals surface area (Å²) in [6, 6.07) is 19.6. The number of pyridine rings is 3. The van der Waals surface area contributed by atoms with Gasteiger partial charge in [-0.3, -0.25) is 19.6 Å². The maximum atomic E-state index is 15.5. The summed E-state index contributed by atoms with van der Waals surface area (Å²) in [6.07, 6.45) is 1.92. The summed E-state index contributed by atoms with van der Waals surface area (Å²) in [6.45, 7) is 5.84. The predicted octanol–water partition coefficient (Wildman–Crippen LogP) is 11.4. The van der Waals surface area contributed by atoms with E-state index in [1.165, 1.54) is 41.1 Å². The van der Waals surface area contributed by atoms with Gasteiger partial charge < -0.3 is 38.6 Å². The average molecular weight is 1180 g/mol. The zero-order chi connectivity index (χ0) is 58.5. The summed E-state index contributed by atoms with van der Waals surface area (Å²) >= 11 is 13.2. The molecule has 6 aromatic heterocycles. The fourth-order valence-corrected chi connectivity index (χ4v) is 11.5. The second-order valence-corrected chi connectivity index (χ2v) is 21.0. The normalized spacial score (nSPS) is 17.3. The number of aryl methyl sites for hydroxylation is 4. The molecule has 2 amide bonds. The van der Waals surface area contributed by atoms with Gasteiger partial charge in [0.1, 0.15) is 71.4 Å². The van der Waals surface area contributed by atoms with Gasteiger partial charge in [0.15, 0.2) is 5.82 Å². The number of ether oxygens (including phenoxy) is 2. The maximum absolute atomic E-state index is 15.5. The molecule has 24 heteroatoms. The number of fused-ring (bicyclic) bond motifs is 6. The largest absolute Gasteiger partial charge is 0.439 e. The monoisotopic (exact) mass is 1170 g/mol. The number of aromatic nitrogens is 9. The molecular weight excluding hydrogens is 1120 g/mol.